The van der Waals surface area contributed by atoms with E-state index in [4.69, 9.17) is 34.7 Å². The molecule has 2 unspecified atom stereocenters. The first kappa shape index (κ1) is 22.4. The summed E-state index contributed by atoms with van der Waals surface area (Å²) in [6, 6.07) is 0. The highest BCUT2D eigenvalue weighted by molar-refractivity contribution is 7.91. The van der Waals surface area contributed by atoms with Crippen molar-refractivity contribution < 1.29 is 26.4 Å². The Bertz CT molecular complexity index is 566. The fourth-order valence-electron chi connectivity index (χ4n) is 1.89. The first-order valence-electron chi connectivity index (χ1n) is 6.55. The molecule has 0 fully saturated rings. The van der Waals surface area contributed by atoms with Crippen molar-refractivity contribution in [2.24, 2.45) is 23.3 Å². The number of carbonyl (C=O) groups is 2. The topological polar surface area (TPSA) is 154 Å². The Labute approximate surface area is 145 Å². The van der Waals surface area contributed by atoms with Crippen molar-refractivity contribution in [3.63, 3.8) is 0 Å². The molecule has 0 radical (unpaired) electrons. The summed E-state index contributed by atoms with van der Waals surface area (Å²) in [4.78, 5) is 22.9. The first-order valence-corrected chi connectivity index (χ1v) is 11.3. The Morgan fingerprint density at radius 2 is 1.09 bits per heavy atom. The average Bonchev–Trinajstić information content (AvgIpc) is 2.35. The Morgan fingerprint density at radius 3 is 1.30 bits per heavy atom. The number of carbonyl (C=O) groups excluding carboxylic acids is 2. The van der Waals surface area contributed by atoms with Crippen LogP contribution in [-0.4, -0.2) is 63.4 Å². The minimum atomic E-state index is -3.66. The van der Waals surface area contributed by atoms with Crippen molar-refractivity contribution in [2.45, 2.75) is 6.42 Å². The molecular formula is C11H20Cl2N2O6S2. The highest BCUT2D eigenvalue weighted by Gasteiger charge is 2.31. The van der Waals surface area contributed by atoms with Crippen molar-refractivity contribution in [3.8, 4) is 0 Å². The molecule has 0 heterocycles. The Hall–Kier alpha value is -0.580. The summed E-state index contributed by atoms with van der Waals surface area (Å²) in [6.07, 6.45) is -0.367. The van der Waals surface area contributed by atoms with Gasteiger partial charge in [0.2, 0.25) is 11.8 Å². The molecule has 0 spiro atoms. The highest BCUT2D eigenvalue weighted by atomic mass is 35.5. The van der Waals surface area contributed by atoms with Crippen LogP contribution in [0.1, 0.15) is 6.42 Å². The van der Waals surface area contributed by atoms with E-state index in [0.717, 1.165) is 0 Å². The standard InChI is InChI=1S/C11H20Cl2N2O6S2/c12-1-3-22(18,19)6-8(10(14)16)5-9(11(15)17)7-23(20,21)4-2-13/h8-9H,1-7H2,(H2,14,16)(H2,15,17). The van der Waals surface area contributed by atoms with Crippen LogP contribution in [0.15, 0.2) is 0 Å². The van der Waals surface area contributed by atoms with Gasteiger partial charge in [-0.3, -0.25) is 9.59 Å². The second-order valence-corrected chi connectivity index (χ2v) is 10.3. The summed E-state index contributed by atoms with van der Waals surface area (Å²) in [5.74, 6) is -6.63. The number of alkyl halides is 2. The fraction of sp³-hybridized carbons (Fsp3) is 0.818. The summed E-state index contributed by atoms with van der Waals surface area (Å²) in [5, 5.41) is 0. The number of hydrogen-bond donors (Lipinski definition) is 2. The molecule has 0 aromatic heterocycles. The van der Waals surface area contributed by atoms with E-state index < -0.39 is 54.8 Å². The van der Waals surface area contributed by atoms with Gasteiger partial charge in [-0.15, -0.1) is 23.2 Å². The number of halogens is 2. The molecule has 0 bridgehead atoms. The lowest BCUT2D eigenvalue weighted by Crippen LogP contribution is -2.38. The van der Waals surface area contributed by atoms with Crippen LogP contribution in [0.4, 0.5) is 0 Å². The molecule has 0 aromatic carbocycles. The largest absolute Gasteiger partial charge is 0.369 e. The van der Waals surface area contributed by atoms with Crippen molar-refractivity contribution in [3.05, 3.63) is 0 Å². The maximum atomic E-state index is 11.7. The molecule has 2 atom stereocenters. The van der Waals surface area contributed by atoms with Gasteiger partial charge in [0.25, 0.3) is 0 Å². The third kappa shape index (κ3) is 9.33. The van der Waals surface area contributed by atoms with Crippen LogP contribution in [0, 0.1) is 11.8 Å². The molecule has 0 aliphatic heterocycles. The van der Waals surface area contributed by atoms with Crippen LogP contribution in [-0.2, 0) is 29.3 Å². The van der Waals surface area contributed by atoms with E-state index in [1.165, 1.54) is 0 Å². The van der Waals surface area contributed by atoms with Gasteiger partial charge in [-0.05, 0) is 6.42 Å². The smallest absolute Gasteiger partial charge is 0.221 e. The van der Waals surface area contributed by atoms with Gasteiger partial charge in [0.15, 0.2) is 19.7 Å². The molecular weight excluding hydrogens is 391 g/mol. The van der Waals surface area contributed by atoms with E-state index in [2.05, 4.69) is 0 Å². The monoisotopic (exact) mass is 410 g/mol. The molecule has 0 aromatic rings. The Morgan fingerprint density at radius 1 is 0.783 bits per heavy atom. The predicted octanol–water partition coefficient (Wildman–Crippen LogP) is -1.11. The number of primary amides is 2. The van der Waals surface area contributed by atoms with Gasteiger partial charge in [0, 0.05) is 11.8 Å². The number of rotatable bonds is 12. The quantitative estimate of drug-likeness (QED) is 0.388. The van der Waals surface area contributed by atoms with E-state index in [1.807, 2.05) is 0 Å². The minimum absolute atomic E-state index is 0.156. The molecule has 0 rings (SSSR count). The molecule has 4 N–H and O–H groups in total. The number of nitrogens with two attached hydrogens (primary N) is 2. The van der Waals surface area contributed by atoms with E-state index in [9.17, 15) is 26.4 Å². The molecule has 0 aliphatic carbocycles. The van der Waals surface area contributed by atoms with Crippen LogP contribution in [0.25, 0.3) is 0 Å². The number of hydrogen-bond acceptors (Lipinski definition) is 6. The zero-order chi connectivity index (χ0) is 18.3. The molecule has 8 nitrogen and oxygen atoms in total. The van der Waals surface area contributed by atoms with Crippen molar-refractivity contribution in [1.29, 1.82) is 0 Å². The highest BCUT2D eigenvalue weighted by Crippen LogP contribution is 2.18. The van der Waals surface area contributed by atoms with Gasteiger partial charge in [-0.2, -0.15) is 0 Å². The van der Waals surface area contributed by atoms with E-state index in [-0.39, 0.29) is 29.7 Å². The summed E-state index contributed by atoms with van der Waals surface area (Å²) in [5.41, 5.74) is 10.3. The van der Waals surface area contributed by atoms with Gasteiger partial charge in [-0.1, -0.05) is 0 Å². The normalized spacial score (nSPS) is 15.0. The SMILES string of the molecule is NC(=O)C(CC(CS(=O)(=O)CCCl)C(N)=O)CS(=O)(=O)CCCl. The lowest BCUT2D eigenvalue weighted by molar-refractivity contribution is -0.124. The number of sulfone groups is 2. The van der Waals surface area contributed by atoms with Gasteiger partial charge < -0.3 is 11.5 Å². The van der Waals surface area contributed by atoms with Crippen LogP contribution in [0.3, 0.4) is 0 Å². The summed E-state index contributed by atoms with van der Waals surface area (Å²) >= 11 is 10.7. The van der Waals surface area contributed by atoms with Gasteiger partial charge in [-0.25, -0.2) is 16.8 Å². The third-order valence-electron chi connectivity index (χ3n) is 3.06. The molecule has 12 heteroatoms. The van der Waals surface area contributed by atoms with Crippen LogP contribution in [0.5, 0.6) is 0 Å². The van der Waals surface area contributed by atoms with Crippen molar-refractivity contribution >= 4 is 54.7 Å². The maximum Gasteiger partial charge on any atom is 0.221 e. The Kier molecular flexibility index (Phi) is 9.41. The number of amides is 2. The molecule has 136 valence electrons. The van der Waals surface area contributed by atoms with Crippen molar-refractivity contribution in [1.82, 2.24) is 0 Å². The second kappa shape index (κ2) is 9.65. The summed E-state index contributed by atoms with van der Waals surface area (Å²) < 4.78 is 47.0. The fourth-order valence-corrected chi connectivity index (χ4v) is 5.93. The van der Waals surface area contributed by atoms with E-state index in [1.54, 1.807) is 0 Å². The van der Waals surface area contributed by atoms with E-state index in [0.29, 0.717) is 0 Å². The van der Waals surface area contributed by atoms with Gasteiger partial charge in [0.05, 0.1) is 34.8 Å². The third-order valence-corrected chi connectivity index (χ3v) is 7.36. The van der Waals surface area contributed by atoms with Crippen molar-refractivity contribution in [2.75, 3.05) is 34.8 Å². The van der Waals surface area contributed by atoms with Gasteiger partial charge in [0.1, 0.15) is 0 Å². The molecule has 2 amide bonds. The summed E-state index contributed by atoms with van der Waals surface area (Å²) in [6.45, 7) is 0. The molecule has 0 saturated heterocycles. The zero-order valence-corrected chi connectivity index (χ0v) is 15.4. The second-order valence-electron chi connectivity index (χ2n) is 5.04. The van der Waals surface area contributed by atoms with Crippen LogP contribution >= 0.6 is 23.2 Å². The first-order chi connectivity index (χ1) is 10.4. The van der Waals surface area contributed by atoms with Crippen LogP contribution in [0.2, 0.25) is 0 Å². The molecule has 0 saturated carbocycles. The molecule has 0 aliphatic rings. The average molecular weight is 411 g/mol. The van der Waals surface area contributed by atoms with Crippen LogP contribution < -0.4 is 11.5 Å². The Balaban J connectivity index is 5.20. The zero-order valence-electron chi connectivity index (χ0n) is 12.3. The lowest BCUT2D eigenvalue weighted by atomic mass is 9.96. The summed E-state index contributed by atoms with van der Waals surface area (Å²) in [7, 11) is -7.31. The maximum absolute atomic E-state index is 11.7. The lowest BCUT2D eigenvalue weighted by Gasteiger charge is -2.19. The minimum Gasteiger partial charge on any atom is -0.369 e. The van der Waals surface area contributed by atoms with Gasteiger partial charge >= 0.3 is 0 Å². The van der Waals surface area contributed by atoms with E-state index >= 15 is 0 Å². The molecule has 23 heavy (non-hydrogen) atoms. The predicted molar refractivity (Wildman–Crippen MR) is 88.7 cm³/mol.